The highest BCUT2D eigenvalue weighted by molar-refractivity contribution is 8.22. The highest BCUT2D eigenvalue weighted by Crippen LogP contribution is 2.20. The Hall–Kier alpha value is -2.87. The van der Waals surface area contributed by atoms with E-state index in [1.165, 1.54) is 5.56 Å². The first-order valence-electron chi connectivity index (χ1n) is 11.5. The number of hydrogen-bond donors (Lipinski definition) is 2. The molecule has 3 N–H and O–H groups in total. The Kier molecular flexibility index (Phi) is 8.57. The maximum atomic E-state index is 12.5. The van der Waals surface area contributed by atoms with Gasteiger partial charge < -0.3 is 16.0 Å². The summed E-state index contributed by atoms with van der Waals surface area (Å²) in [6.45, 7) is 5.13. The summed E-state index contributed by atoms with van der Waals surface area (Å²) in [5.41, 5.74) is 10.2. The zero-order valence-electron chi connectivity index (χ0n) is 19.2. The summed E-state index contributed by atoms with van der Waals surface area (Å²) in [4.78, 5) is 17.3. The molecule has 5 nitrogen and oxygen atoms in total. The van der Waals surface area contributed by atoms with Crippen molar-refractivity contribution in [3.05, 3.63) is 95.6 Å². The van der Waals surface area contributed by atoms with E-state index in [1.807, 2.05) is 36.4 Å². The normalized spacial score (nSPS) is 14.1. The van der Waals surface area contributed by atoms with Crippen molar-refractivity contribution < 1.29 is 4.79 Å². The van der Waals surface area contributed by atoms with Gasteiger partial charge >= 0.3 is 0 Å². The number of para-hydroxylation sites is 2. The minimum absolute atomic E-state index is 0.169. The van der Waals surface area contributed by atoms with Crippen molar-refractivity contribution in [2.45, 2.75) is 12.2 Å². The molecule has 0 atom stereocenters. The minimum Gasteiger partial charge on any atom is -0.397 e. The molecule has 1 aliphatic heterocycles. The number of carbonyl (C=O) groups excluding carboxylic acids is 1. The Bertz CT molecular complexity index is 1100. The van der Waals surface area contributed by atoms with Gasteiger partial charge in [0.05, 0.1) is 11.4 Å². The molecule has 4 rings (SSSR count). The van der Waals surface area contributed by atoms with Gasteiger partial charge in [-0.15, -0.1) is 0 Å². The van der Waals surface area contributed by atoms with Crippen molar-refractivity contribution in [1.29, 1.82) is 0 Å². The number of nitrogens with one attached hydrogen (secondary N) is 1. The lowest BCUT2D eigenvalue weighted by Crippen LogP contribution is -2.48. The van der Waals surface area contributed by atoms with Crippen LogP contribution in [0.3, 0.4) is 0 Å². The second kappa shape index (κ2) is 12.0. The number of thioether (sulfide) groups is 1. The molecule has 1 aliphatic rings. The van der Waals surface area contributed by atoms with E-state index in [4.69, 9.17) is 18.0 Å². The van der Waals surface area contributed by atoms with E-state index in [2.05, 4.69) is 45.4 Å². The average Bonchev–Trinajstić information content (AvgIpc) is 2.88. The maximum Gasteiger partial charge on any atom is 0.255 e. The topological polar surface area (TPSA) is 61.6 Å². The molecular formula is C27H30N4OS2. The number of anilines is 2. The standard InChI is InChI=1S/C27H30N4OS2/c28-24-8-4-5-9-25(24)29-26(32)23-12-10-22(11-13-23)20-34-27(33)31-18-16-30(17-19-31)15-14-21-6-2-1-3-7-21/h1-13H,14-20,28H2,(H,29,32). The molecule has 0 bridgehead atoms. The van der Waals surface area contributed by atoms with Gasteiger partial charge in [-0.2, -0.15) is 0 Å². The minimum atomic E-state index is -0.169. The van der Waals surface area contributed by atoms with E-state index in [1.54, 1.807) is 23.9 Å². The fourth-order valence-corrected chi connectivity index (χ4v) is 5.09. The molecule has 1 saturated heterocycles. The number of benzene rings is 3. The predicted molar refractivity (Wildman–Crippen MR) is 147 cm³/mol. The molecule has 176 valence electrons. The molecule has 0 aliphatic carbocycles. The molecule has 0 unspecified atom stereocenters. The number of nitrogens with zero attached hydrogens (tertiary/aromatic N) is 2. The average molecular weight is 491 g/mol. The highest BCUT2D eigenvalue weighted by Gasteiger charge is 2.19. The predicted octanol–water partition coefficient (Wildman–Crippen LogP) is 4.90. The lowest BCUT2D eigenvalue weighted by molar-refractivity contribution is 0.102. The summed E-state index contributed by atoms with van der Waals surface area (Å²) in [6, 6.07) is 25.6. The van der Waals surface area contributed by atoms with Crippen molar-refractivity contribution >= 4 is 45.6 Å². The van der Waals surface area contributed by atoms with Crippen molar-refractivity contribution in [1.82, 2.24) is 9.80 Å². The first kappa shape index (κ1) is 24.3. The van der Waals surface area contributed by atoms with Crippen LogP contribution in [0, 0.1) is 0 Å². The van der Waals surface area contributed by atoms with Crippen LogP contribution in [0.2, 0.25) is 0 Å². The van der Waals surface area contributed by atoms with Gasteiger partial charge in [-0.3, -0.25) is 9.69 Å². The Morgan fingerprint density at radius 1 is 0.882 bits per heavy atom. The SMILES string of the molecule is Nc1ccccc1NC(=O)c1ccc(CSC(=S)N2CCN(CCc3ccccc3)CC2)cc1. The van der Waals surface area contributed by atoms with Gasteiger partial charge in [0.2, 0.25) is 0 Å². The van der Waals surface area contributed by atoms with E-state index < -0.39 is 0 Å². The summed E-state index contributed by atoms with van der Waals surface area (Å²) >= 11 is 7.39. The first-order valence-corrected chi connectivity index (χ1v) is 12.9. The Labute approximate surface area is 211 Å². The van der Waals surface area contributed by atoms with Crippen molar-refractivity contribution in [3.63, 3.8) is 0 Å². The number of hydrogen-bond acceptors (Lipinski definition) is 5. The monoisotopic (exact) mass is 490 g/mol. The number of amides is 1. The molecule has 1 fully saturated rings. The van der Waals surface area contributed by atoms with Gasteiger partial charge in [-0.25, -0.2) is 0 Å². The Morgan fingerprint density at radius 3 is 2.26 bits per heavy atom. The number of piperazine rings is 1. The first-order chi connectivity index (χ1) is 16.6. The third kappa shape index (κ3) is 6.82. The number of nitrogens with two attached hydrogens (primary N) is 1. The largest absolute Gasteiger partial charge is 0.397 e. The number of rotatable bonds is 7. The summed E-state index contributed by atoms with van der Waals surface area (Å²) in [6.07, 6.45) is 1.09. The lowest BCUT2D eigenvalue weighted by Gasteiger charge is -2.35. The smallest absolute Gasteiger partial charge is 0.255 e. The second-order valence-electron chi connectivity index (χ2n) is 8.36. The summed E-state index contributed by atoms with van der Waals surface area (Å²) in [7, 11) is 0. The van der Waals surface area contributed by atoms with Crippen molar-refractivity contribution in [2.75, 3.05) is 43.8 Å². The third-order valence-electron chi connectivity index (χ3n) is 5.98. The van der Waals surface area contributed by atoms with Gasteiger partial charge in [-0.1, -0.05) is 78.6 Å². The maximum absolute atomic E-state index is 12.5. The zero-order chi connectivity index (χ0) is 23.8. The van der Waals surface area contributed by atoms with Gasteiger partial charge in [0.25, 0.3) is 5.91 Å². The van der Waals surface area contributed by atoms with E-state index in [0.29, 0.717) is 16.9 Å². The lowest BCUT2D eigenvalue weighted by atomic mass is 10.1. The van der Waals surface area contributed by atoms with Crippen molar-refractivity contribution in [3.8, 4) is 0 Å². The second-order valence-corrected chi connectivity index (χ2v) is 9.97. The van der Waals surface area contributed by atoms with E-state index in [0.717, 1.165) is 54.8 Å². The van der Waals surface area contributed by atoms with Crippen LogP contribution in [-0.4, -0.2) is 52.8 Å². The molecule has 3 aromatic rings. The molecule has 3 aromatic carbocycles. The summed E-state index contributed by atoms with van der Waals surface area (Å²) in [5, 5.41) is 2.86. The van der Waals surface area contributed by atoms with Crippen LogP contribution in [0.25, 0.3) is 0 Å². The van der Waals surface area contributed by atoms with Crippen LogP contribution in [0.5, 0.6) is 0 Å². The van der Waals surface area contributed by atoms with Crippen LogP contribution in [0.15, 0.2) is 78.9 Å². The van der Waals surface area contributed by atoms with Crippen LogP contribution in [0.1, 0.15) is 21.5 Å². The number of carbonyl (C=O) groups is 1. The quantitative estimate of drug-likeness (QED) is 0.363. The fraction of sp³-hybridized carbons (Fsp3) is 0.259. The highest BCUT2D eigenvalue weighted by atomic mass is 32.2. The van der Waals surface area contributed by atoms with E-state index in [-0.39, 0.29) is 5.91 Å². The number of thiocarbonyl (C=S) groups is 1. The van der Waals surface area contributed by atoms with Crippen LogP contribution in [-0.2, 0) is 12.2 Å². The van der Waals surface area contributed by atoms with E-state index >= 15 is 0 Å². The molecule has 0 aromatic heterocycles. The van der Waals surface area contributed by atoms with E-state index in [9.17, 15) is 4.79 Å². The Morgan fingerprint density at radius 2 is 1.56 bits per heavy atom. The molecule has 1 heterocycles. The van der Waals surface area contributed by atoms with Gasteiger partial charge in [-0.05, 0) is 41.8 Å². The third-order valence-corrected chi connectivity index (χ3v) is 7.57. The molecule has 7 heteroatoms. The molecule has 0 saturated carbocycles. The van der Waals surface area contributed by atoms with Gasteiger partial charge in [0.15, 0.2) is 0 Å². The summed E-state index contributed by atoms with van der Waals surface area (Å²) in [5.74, 6) is 0.624. The molecule has 34 heavy (non-hydrogen) atoms. The fourth-order valence-electron chi connectivity index (χ4n) is 3.88. The summed E-state index contributed by atoms with van der Waals surface area (Å²) < 4.78 is 0.948. The van der Waals surface area contributed by atoms with Crippen LogP contribution >= 0.6 is 24.0 Å². The molecule has 1 amide bonds. The van der Waals surface area contributed by atoms with Gasteiger partial charge in [0.1, 0.15) is 4.32 Å². The molecular weight excluding hydrogens is 460 g/mol. The van der Waals surface area contributed by atoms with Crippen molar-refractivity contribution in [2.24, 2.45) is 0 Å². The van der Waals surface area contributed by atoms with Crippen LogP contribution in [0.4, 0.5) is 11.4 Å². The van der Waals surface area contributed by atoms with Gasteiger partial charge in [0, 0.05) is 44.0 Å². The molecule has 0 spiro atoms. The zero-order valence-corrected chi connectivity index (χ0v) is 20.8. The Balaban J connectivity index is 1.19. The number of nitrogen functional groups attached to an aromatic ring is 1. The van der Waals surface area contributed by atoms with Crippen LogP contribution < -0.4 is 11.1 Å². The molecule has 0 radical (unpaired) electrons.